The molecule has 6 heteroatoms. The van der Waals surface area contributed by atoms with Gasteiger partial charge in [0.05, 0.1) is 5.41 Å². The summed E-state index contributed by atoms with van der Waals surface area (Å²) in [5, 5.41) is 18.1. The molecule has 19 heavy (non-hydrogen) atoms. The van der Waals surface area contributed by atoms with Crippen molar-refractivity contribution in [1.29, 1.82) is 0 Å². The van der Waals surface area contributed by atoms with Gasteiger partial charge in [0.1, 0.15) is 0 Å². The Morgan fingerprint density at radius 3 is 2.47 bits per heavy atom. The number of urea groups is 1. The molecule has 1 aliphatic heterocycles. The third-order valence-electron chi connectivity index (χ3n) is 3.99. The van der Waals surface area contributed by atoms with Crippen LogP contribution in [0.4, 0.5) is 4.79 Å². The summed E-state index contributed by atoms with van der Waals surface area (Å²) in [6.07, 6.45) is 1.60. The first-order chi connectivity index (χ1) is 9.00. The van der Waals surface area contributed by atoms with E-state index in [-0.39, 0.29) is 19.2 Å². The van der Waals surface area contributed by atoms with Gasteiger partial charge in [-0.15, -0.1) is 0 Å². The van der Waals surface area contributed by atoms with Crippen molar-refractivity contribution >= 4 is 12.0 Å². The molecule has 0 aliphatic carbocycles. The van der Waals surface area contributed by atoms with Crippen molar-refractivity contribution in [2.45, 2.75) is 33.1 Å². The number of aliphatic carboxylic acids is 1. The number of rotatable bonds is 6. The van der Waals surface area contributed by atoms with Gasteiger partial charge in [0, 0.05) is 32.8 Å². The van der Waals surface area contributed by atoms with Crippen molar-refractivity contribution in [2.75, 3.05) is 32.8 Å². The van der Waals surface area contributed by atoms with E-state index in [0.717, 1.165) is 0 Å². The highest BCUT2D eigenvalue weighted by molar-refractivity contribution is 5.79. The van der Waals surface area contributed by atoms with Crippen LogP contribution in [0.5, 0.6) is 0 Å². The molecule has 0 bridgehead atoms. The van der Waals surface area contributed by atoms with Gasteiger partial charge in [0.2, 0.25) is 0 Å². The van der Waals surface area contributed by atoms with Crippen molar-refractivity contribution in [2.24, 2.45) is 5.41 Å². The molecule has 1 atom stereocenters. The Hall–Kier alpha value is -1.30. The lowest BCUT2D eigenvalue weighted by Crippen LogP contribution is -2.44. The van der Waals surface area contributed by atoms with E-state index < -0.39 is 11.4 Å². The molecule has 0 aromatic heterocycles. The van der Waals surface area contributed by atoms with Crippen LogP contribution in [0.3, 0.4) is 0 Å². The SMILES string of the molecule is CCN(CCCO)C(=O)N1CCC(CC)(C(=O)O)C1. The van der Waals surface area contributed by atoms with Gasteiger partial charge in [-0.2, -0.15) is 0 Å². The molecular formula is C13H24N2O4. The monoisotopic (exact) mass is 272 g/mol. The van der Waals surface area contributed by atoms with E-state index in [4.69, 9.17) is 5.11 Å². The highest BCUT2D eigenvalue weighted by Crippen LogP contribution is 2.34. The topological polar surface area (TPSA) is 81.1 Å². The van der Waals surface area contributed by atoms with Crippen LogP contribution in [0.2, 0.25) is 0 Å². The predicted octanol–water partition coefficient (Wildman–Crippen LogP) is 0.997. The number of carboxylic acids is 1. The van der Waals surface area contributed by atoms with Crippen molar-refractivity contribution in [3.63, 3.8) is 0 Å². The number of carbonyl (C=O) groups excluding carboxylic acids is 1. The molecule has 0 saturated carbocycles. The molecule has 1 rings (SSSR count). The van der Waals surface area contributed by atoms with Crippen molar-refractivity contribution in [3.05, 3.63) is 0 Å². The Balaban J connectivity index is 2.67. The Kier molecular flexibility index (Phi) is 5.60. The number of likely N-dealkylation sites (tertiary alicyclic amines) is 1. The fourth-order valence-electron chi connectivity index (χ4n) is 2.50. The van der Waals surface area contributed by atoms with Crippen LogP contribution < -0.4 is 0 Å². The molecule has 0 aromatic carbocycles. The number of amides is 2. The molecule has 2 N–H and O–H groups in total. The van der Waals surface area contributed by atoms with Gasteiger partial charge in [0.15, 0.2) is 0 Å². The standard InChI is InChI=1S/C13H24N2O4/c1-3-13(11(17)18)6-8-15(10-13)12(19)14(4-2)7-5-9-16/h16H,3-10H2,1-2H3,(H,17,18). The number of carboxylic acid groups (broad SMARTS) is 1. The highest BCUT2D eigenvalue weighted by Gasteiger charge is 2.45. The van der Waals surface area contributed by atoms with E-state index in [1.165, 1.54) is 0 Å². The maximum absolute atomic E-state index is 12.3. The molecule has 2 amide bonds. The molecule has 0 aromatic rings. The number of hydrogen-bond donors (Lipinski definition) is 2. The summed E-state index contributed by atoms with van der Waals surface area (Å²) in [5.74, 6) is -0.816. The molecule has 1 unspecified atom stereocenters. The second-order valence-electron chi connectivity index (χ2n) is 5.05. The van der Waals surface area contributed by atoms with E-state index in [9.17, 15) is 14.7 Å². The zero-order valence-corrected chi connectivity index (χ0v) is 11.8. The number of carbonyl (C=O) groups is 2. The molecule has 0 spiro atoms. The van der Waals surface area contributed by atoms with Gasteiger partial charge in [-0.3, -0.25) is 4.79 Å². The van der Waals surface area contributed by atoms with Crippen LogP contribution >= 0.6 is 0 Å². The van der Waals surface area contributed by atoms with E-state index in [1.54, 1.807) is 9.80 Å². The Labute approximate surface area is 114 Å². The minimum absolute atomic E-state index is 0.0534. The number of hydrogen-bond acceptors (Lipinski definition) is 3. The summed E-state index contributed by atoms with van der Waals surface area (Å²) >= 11 is 0. The maximum Gasteiger partial charge on any atom is 0.320 e. The fourth-order valence-corrected chi connectivity index (χ4v) is 2.50. The lowest BCUT2D eigenvalue weighted by atomic mass is 9.84. The Bertz CT molecular complexity index is 335. The van der Waals surface area contributed by atoms with Crippen molar-refractivity contribution in [3.8, 4) is 0 Å². The summed E-state index contributed by atoms with van der Waals surface area (Å²) in [5.41, 5.74) is -0.786. The maximum atomic E-state index is 12.3. The fraction of sp³-hybridized carbons (Fsp3) is 0.846. The second-order valence-corrected chi connectivity index (χ2v) is 5.05. The van der Waals surface area contributed by atoms with Crippen molar-refractivity contribution < 1.29 is 19.8 Å². The first-order valence-electron chi connectivity index (χ1n) is 6.89. The molecular weight excluding hydrogens is 248 g/mol. The Morgan fingerprint density at radius 1 is 1.37 bits per heavy atom. The minimum Gasteiger partial charge on any atom is -0.481 e. The zero-order chi connectivity index (χ0) is 14.5. The van der Waals surface area contributed by atoms with Gasteiger partial charge in [-0.1, -0.05) is 6.92 Å². The lowest BCUT2D eigenvalue weighted by Gasteiger charge is -2.28. The van der Waals surface area contributed by atoms with Gasteiger partial charge in [-0.25, -0.2) is 4.79 Å². The summed E-state index contributed by atoms with van der Waals surface area (Å²) in [6.45, 7) is 5.65. The molecule has 6 nitrogen and oxygen atoms in total. The molecule has 1 heterocycles. The van der Waals surface area contributed by atoms with Gasteiger partial charge in [0.25, 0.3) is 0 Å². The van der Waals surface area contributed by atoms with E-state index in [1.807, 2.05) is 13.8 Å². The Morgan fingerprint density at radius 2 is 2.05 bits per heavy atom. The third kappa shape index (κ3) is 3.37. The highest BCUT2D eigenvalue weighted by atomic mass is 16.4. The minimum atomic E-state index is -0.816. The van der Waals surface area contributed by atoms with Crippen LogP contribution in [0, 0.1) is 5.41 Å². The second kappa shape index (κ2) is 6.75. The first kappa shape index (κ1) is 15.8. The number of aliphatic hydroxyl groups excluding tert-OH is 1. The quantitative estimate of drug-likeness (QED) is 0.755. The molecule has 0 radical (unpaired) electrons. The van der Waals surface area contributed by atoms with E-state index in [0.29, 0.717) is 38.9 Å². The molecule has 1 saturated heterocycles. The summed E-state index contributed by atoms with van der Waals surface area (Å²) in [4.78, 5) is 26.9. The third-order valence-corrected chi connectivity index (χ3v) is 3.99. The normalized spacial score (nSPS) is 22.6. The summed E-state index contributed by atoms with van der Waals surface area (Å²) in [7, 11) is 0. The van der Waals surface area contributed by atoms with E-state index in [2.05, 4.69) is 0 Å². The van der Waals surface area contributed by atoms with Crippen molar-refractivity contribution in [1.82, 2.24) is 9.80 Å². The number of nitrogens with zero attached hydrogens (tertiary/aromatic N) is 2. The average Bonchev–Trinajstić information content (AvgIpc) is 2.85. The smallest absolute Gasteiger partial charge is 0.320 e. The number of aliphatic hydroxyl groups is 1. The predicted molar refractivity (Wildman–Crippen MR) is 70.9 cm³/mol. The van der Waals surface area contributed by atoms with Gasteiger partial charge < -0.3 is 20.0 Å². The van der Waals surface area contributed by atoms with Gasteiger partial charge in [-0.05, 0) is 26.2 Å². The molecule has 110 valence electrons. The van der Waals surface area contributed by atoms with E-state index >= 15 is 0 Å². The molecule has 1 fully saturated rings. The van der Waals surface area contributed by atoms with Crippen LogP contribution in [0.1, 0.15) is 33.1 Å². The van der Waals surface area contributed by atoms with Crippen LogP contribution in [0.15, 0.2) is 0 Å². The van der Waals surface area contributed by atoms with Crippen LogP contribution in [-0.4, -0.2) is 64.8 Å². The summed E-state index contributed by atoms with van der Waals surface area (Å²) in [6, 6.07) is -0.118. The first-order valence-corrected chi connectivity index (χ1v) is 6.89. The zero-order valence-electron chi connectivity index (χ0n) is 11.8. The van der Waals surface area contributed by atoms with Gasteiger partial charge >= 0.3 is 12.0 Å². The lowest BCUT2D eigenvalue weighted by molar-refractivity contribution is -0.148. The van der Waals surface area contributed by atoms with Crippen LogP contribution in [0.25, 0.3) is 0 Å². The molecule has 1 aliphatic rings. The average molecular weight is 272 g/mol. The van der Waals surface area contributed by atoms with Crippen LogP contribution in [-0.2, 0) is 4.79 Å². The largest absolute Gasteiger partial charge is 0.481 e. The summed E-state index contributed by atoms with van der Waals surface area (Å²) < 4.78 is 0.